The summed E-state index contributed by atoms with van der Waals surface area (Å²) in [5, 5.41) is 0.893. The molecule has 0 aromatic carbocycles. The second kappa shape index (κ2) is 4.84. The third kappa shape index (κ3) is 2.65. The standard InChI is InChI=1S/C14H17N3O2/c1-5-11-10-6-7-17(12(10)16-8-15-11)9-19-13(18)14(2,3)4/h5-8H,1,9H2,2-4H3. The van der Waals surface area contributed by atoms with E-state index in [-0.39, 0.29) is 12.7 Å². The Kier molecular flexibility index (Phi) is 3.38. The first-order valence-electron chi connectivity index (χ1n) is 6.03. The van der Waals surface area contributed by atoms with Gasteiger partial charge in [0.25, 0.3) is 0 Å². The maximum atomic E-state index is 11.7. The summed E-state index contributed by atoms with van der Waals surface area (Å²) in [4.78, 5) is 20.1. The SMILES string of the molecule is C=Cc1ncnc2c1ccn2COC(=O)C(C)(C)C. The number of fused-ring (bicyclic) bond motifs is 1. The Morgan fingerprint density at radius 2 is 2.21 bits per heavy atom. The average Bonchev–Trinajstić information content (AvgIpc) is 2.77. The van der Waals surface area contributed by atoms with E-state index in [2.05, 4.69) is 16.5 Å². The van der Waals surface area contributed by atoms with E-state index in [1.165, 1.54) is 6.33 Å². The maximum Gasteiger partial charge on any atom is 0.312 e. The van der Waals surface area contributed by atoms with E-state index < -0.39 is 5.41 Å². The lowest BCUT2D eigenvalue weighted by Crippen LogP contribution is -2.23. The maximum absolute atomic E-state index is 11.7. The summed E-state index contributed by atoms with van der Waals surface area (Å²) < 4.78 is 7.04. The van der Waals surface area contributed by atoms with Crippen LogP contribution >= 0.6 is 0 Å². The molecule has 19 heavy (non-hydrogen) atoms. The summed E-state index contributed by atoms with van der Waals surface area (Å²) in [6, 6.07) is 1.89. The molecule has 2 heterocycles. The molecule has 0 N–H and O–H groups in total. The zero-order valence-corrected chi connectivity index (χ0v) is 11.4. The Balaban J connectivity index is 2.23. The van der Waals surface area contributed by atoms with Crippen molar-refractivity contribution in [3.05, 3.63) is 30.9 Å². The second-order valence-electron chi connectivity index (χ2n) is 5.30. The van der Waals surface area contributed by atoms with Crippen molar-refractivity contribution in [3.8, 4) is 0 Å². The quantitative estimate of drug-likeness (QED) is 0.795. The Morgan fingerprint density at radius 3 is 2.84 bits per heavy atom. The van der Waals surface area contributed by atoms with Crippen LogP contribution in [-0.2, 0) is 16.3 Å². The number of carbonyl (C=O) groups is 1. The molecule has 5 nitrogen and oxygen atoms in total. The predicted molar refractivity (Wildman–Crippen MR) is 73.2 cm³/mol. The van der Waals surface area contributed by atoms with Gasteiger partial charge in [-0.15, -0.1) is 0 Å². The van der Waals surface area contributed by atoms with Gasteiger partial charge in [-0.05, 0) is 32.9 Å². The smallest absolute Gasteiger partial charge is 0.312 e. The summed E-state index contributed by atoms with van der Waals surface area (Å²) in [5.74, 6) is -0.243. The molecule has 0 aliphatic rings. The molecule has 100 valence electrons. The minimum Gasteiger partial charge on any atom is -0.443 e. The Morgan fingerprint density at radius 1 is 1.47 bits per heavy atom. The molecule has 2 aromatic rings. The minimum atomic E-state index is -0.510. The van der Waals surface area contributed by atoms with Gasteiger partial charge in [-0.2, -0.15) is 0 Å². The molecule has 0 amide bonds. The van der Waals surface area contributed by atoms with Crippen LogP contribution in [0.4, 0.5) is 0 Å². The highest BCUT2D eigenvalue weighted by Gasteiger charge is 2.23. The lowest BCUT2D eigenvalue weighted by molar-refractivity contribution is -0.156. The van der Waals surface area contributed by atoms with Crippen LogP contribution in [0.25, 0.3) is 17.1 Å². The summed E-state index contributed by atoms with van der Waals surface area (Å²) in [6.07, 6.45) is 4.97. The highest BCUT2D eigenvalue weighted by atomic mass is 16.5. The number of aromatic nitrogens is 3. The molecule has 0 radical (unpaired) electrons. The van der Waals surface area contributed by atoms with Crippen LogP contribution in [0.2, 0.25) is 0 Å². The van der Waals surface area contributed by atoms with Crippen LogP contribution in [0.1, 0.15) is 26.5 Å². The minimum absolute atomic E-state index is 0.146. The van der Waals surface area contributed by atoms with Gasteiger partial charge in [0.2, 0.25) is 0 Å². The topological polar surface area (TPSA) is 57.0 Å². The molecule has 5 heteroatoms. The van der Waals surface area contributed by atoms with E-state index in [1.807, 2.05) is 33.0 Å². The fraction of sp³-hybridized carbons (Fsp3) is 0.357. The van der Waals surface area contributed by atoms with Crippen molar-refractivity contribution in [1.82, 2.24) is 14.5 Å². The largest absolute Gasteiger partial charge is 0.443 e. The van der Waals surface area contributed by atoms with Gasteiger partial charge in [0.05, 0.1) is 11.1 Å². The summed E-state index contributed by atoms with van der Waals surface area (Å²) in [7, 11) is 0. The van der Waals surface area contributed by atoms with E-state index in [9.17, 15) is 4.79 Å². The fourth-order valence-electron chi connectivity index (χ4n) is 1.63. The molecule has 0 saturated carbocycles. The molecule has 0 aliphatic carbocycles. The van der Waals surface area contributed by atoms with Crippen molar-refractivity contribution < 1.29 is 9.53 Å². The molecule has 2 rings (SSSR count). The first-order chi connectivity index (χ1) is 8.93. The number of ether oxygens (including phenoxy) is 1. The Bertz CT molecular complexity index is 623. The number of esters is 1. The molecule has 0 spiro atoms. The van der Waals surface area contributed by atoms with Crippen LogP contribution in [0.5, 0.6) is 0 Å². The molecule has 0 fully saturated rings. The molecule has 0 atom stereocenters. The number of rotatable bonds is 3. The number of carbonyl (C=O) groups excluding carboxylic acids is 1. The van der Waals surface area contributed by atoms with E-state index in [4.69, 9.17) is 4.74 Å². The van der Waals surface area contributed by atoms with Crippen molar-refractivity contribution in [2.24, 2.45) is 5.41 Å². The van der Waals surface area contributed by atoms with Crippen LogP contribution in [-0.4, -0.2) is 20.5 Å². The lowest BCUT2D eigenvalue weighted by atomic mass is 9.98. The number of nitrogens with zero attached hydrogens (tertiary/aromatic N) is 3. The molecule has 0 aliphatic heterocycles. The van der Waals surface area contributed by atoms with E-state index in [1.54, 1.807) is 10.6 Å². The van der Waals surface area contributed by atoms with Crippen molar-refractivity contribution in [2.45, 2.75) is 27.5 Å². The highest BCUT2D eigenvalue weighted by Crippen LogP contribution is 2.19. The van der Waals surface area contributed by atoms with E-state index >= 15 is 0 Å². The third-order valence-corrected chi connectivity index (χ3v) is 2.73. The van der Waals surface area contributed by atoms with E-state index in [0.717, 1.165) is 16.7 Å². The molecule has 0 unspecified atom stereocenters. The van der Waals surface area contributed by atoms with Gasteiger partial charge >= 0.3 is 5.97 Å². The number of hydrogen-bond donors (Lipinski definition) is 0. The lowest BCUT2D eigenvalue weighted by Gasteiger charge is -2.16. The van der Waals surface area contributed by atoms with Gasteiger partial charge in [-0.3, -0.25) is 9.36 Å². The zero-order valence-electron chi connectivity index (χ0n) is 11.4. The molecular weight excluding hydrogens is 242 g/mol. The highest BCUT2D eigenvalue weighted by molar-refractivity contribution is 5.84. The third-order valence-electron chi connectivity index (χ3n) is 2.73. The Hall–Kier alpha value is -2.17. The first-order valence-corrected chi connectivity index (χ1v) is 6.03. The zero-order chi connectivity index (χ0) is 14.0. The van der Waals surface area contributed by atoms with Gasteiger partial charge < -0.3 is 4.74 Å². The van der Waals surface area contributed by atoms with Gasteiger partial charge in [-0.25, -0.2) is 9.97 Å². The second-order valence-corrected chi connectivity index (χ2v) is 5.30. The molecule has 0 bridgehead atoms. The Labute approximate surface area is 111 Å². The van der Waals surface area contributed by atoms with Crippen molar-refractivity contribution in [2.75, 3.05) is 0 Å². The monoisotopic (exact) mass is 259 g/mol. The van der Waals surface area contributed by atoms with Crippen LogP contribution in [0, 0.1) is 5.41 Å². The summed E-state index contributed by atoms with van der Waals surface area (Å²) in [6.45, 7) is 9.32. The first kappa shape index (κ1) is 13.3. The van der Waals surface area contributed by atoms with Crippen molar-refractivity contribution in [3.63, 3.8) is 0 Å². The normalized spacial score (nSPS) is 11.5. The average molecular weight is 259 g/mol. The van der Waals surface area contributed by atoms with Gasteiger partial charge in [-0.1, -0.05) is 6.58 Å². The van der Waals surface area contributed by atoms with Gasteiger partial charge in [0, 0.05) is 11.6 Å². The van der Waals surface area contributed by atoms with Crippen LogP contribution < -0.4 is 0 Å². The summed E-state index contributed by atoms with van der Waals surface area (Å²) in [5.41, 5.74) is 0.988. The fourth-order valence-corrected chi connectivity index (χ4v) is 1.63. The van der Waals surface area contributed by atoms with E-state index in [0.29, 0.717) is 0 Å². The summed E-state index contributed by atoms with van der Waals surface area (Å²) >= 11 is 0. The van der Waals surface area contributed by atoms with Gasteiger partial charge in [0.15, 0.2) is 6.73 Å². The van der Waals surface area contributed by atoms with Gasteiger partial charge in [0.1, 0.15) is 12.0 Å². The predicted octanol–water partition coefficient (Wildman–Crippen LogP) is 2.62. The van der Waals surface area contributed by atoms with Crippen LogP contribution in [0.15, 0.2) is 25.2 Å². The molecular formula is C14H17N3O2. The molecule has 0 saturated heterocycles. The van der Waals surface area contributed by atoms with Crippen molar-refractivity contribution >= 4 is 23.1 Å². The van der Waals surface area contributed by atoms with Crippen molar-refractivity contribution in [1.29, 1.82) is 0 Å². The van der Waals surface area contributed by atoms with Crippen LogP contribution in [0.3, 0.4) is 0 Å². The molecule has 2 aromatic heterocycles. The number of hydrogen-bond acceptors (Lipinski definition) is 4.